The number of carbonyl (C=O) groups excluding carboxylic acids is 1. The molecule has 23 heavy (non-hydrogen) atoms. The lowest BCUT2D eigenvalue weighted by Gasteiger charge is -2.08. The molecule has 0 aliphatic rings. The number of phenols is 1. The second-order valence-corrected chi connectivity index (χ2v) is 6.05. The fourth-order valence-corrected chi connectivity index (χ4v) is 3.06. The van der Waals surface area contributed by atoms with E-state index in [1.54, 1.807) is 23.5 Å². The highest BCUT2D eigenvalue weighted by molar-refractivity contribution is 7.08. The lowest BCUT2D eigenvalue weighted by molar-refractivity contribution is -0.116. The molecule has 0 saturated carbocycles. The van der Waals surface area contributed by atoms with Crippen LogP contribution in [0.2, 0.25) is 0 Å². The predicted octanol–water partition coefficient (Wildman–Crippen LogP) is 4.69. The first-order valence-corrected chi connectivity index (χ1v) is 8.36. The number of nitrogens with one attached hydrogen (secondary N) is 1. The van der Waals surface area contributed by atoms with E-state index in [1.165, 1.54) is 0 Å². The number of thiophene rings is 1. The Morgan fingerprint density at radius 3 is 2.70 bits per heavy atom. The smallest absolute Gasteiger partial charge is 0.224 e. The van der Waals surface area contributed by atoms with E-state index in [4.69, 9.17) is 0 Å². The average molecular weight is 323 g/mol. The maximum absolute atomic E-state index is 12.1. The highest BCUT2D eigenvalue weighted by Gasteiger charge is 2.07. The molecule has 0 fully saturated rings. The molecular formula is C19H17NO2S. The van der Waals surface area contributed by atoms with Crippen molar-refractivity contribution in [3.8, 4) is 16.9 Å². The quantitative estimate of drug-likeness (QED) is 0.715. The van der Waals surface area contributed by atoms with Gasteiger partial charge in [0, 0.05) is 12.1 Å². The van der Waals surface area contributed by atoms with E-state index in [-0.39, 0.29) is 11.7 Å². The van der Waals surface area contributed by atoms with Crippen molar-refractivity contribution in [1.29, 1.82) is 0 Å². The molecule has 3 aromatic rings. The van der Waals surface area contributed by atoms with Gasteiger partial charge in [-0.3, -0.25) is 4.79 Å². The van der Waals surface area contributed by atoms with Crippen molar-refractivity contribution in [3.63, 3.8) is 0 Å². The Balaban J connectivity index is 1.62. The van der Waals surface area contributed by atoms with Crippen molar-refractivity contribution in [3.05, 3.63) is 70.9 Å². The Bertz CT molecular complexity index is 797. The fourth-order valence-electron chi connectivity index (χ4n) is 2.40. The minimum absolute atomic E-state index is 0.0595. The molecule has 3 rings (SSSR count). The molecule has 0 spiro atoms. The minimum Gasteiger partial charge on any atom is -0.508 e. The van der Waals surface area contributed by atoms with Gasteiger partial charge in [0.15, 0.2) is 0 Å². The molecular weight excluding hydrogens is 306 g/mol. The second kappa shape index (κ2) is 7.11. The molecule has 1 heterocycles. The summed E-state index contributed by atoms with van der Waals surface area (Å²) in [6.07, 6.45) is 0.850. The highest BCUT2D eigenvalue weighted by atomic mass is 32.1. The van der Waals surface area contributed by atoms with Crippen molar-refractivity contribution in [2.45, 2.75) is 12.8 Å². The van der Waals surface area contributed by atoms with Crippen LogP contribution in [0.15, 0.2) is 65.4 Å². The maximum atomic E-state index is 12.1. The van der Waals surface area contributed by atoms with E-state index in [0.717, 1.165) is 22.4 Å². The van der Waals surface area contributed by atoms with Gasteiger partial charge in [-0.2, -0.15) is 11.3 Å². The van der Waals surface area contributed by atoms with Crippen LogP contribution in [0.4, 0.5) is 5.69 Å². The monoisotopic (exact) mass is 323 g/mol. The van der Waals surface area contributed by atoms with Crippen molar-refractivity contribution in [2.75, 3.05) is 5.32 Å². The molecule has 0 aliphatic carbocycles. The molecule has 0 unspecified atom stereocenters. The van der Waals surface area contributed by atoms with Crippen LogP contribution in [-0.4, -0.2) is 11.0 Å². The zero-order valence-corrected chi connectivity index (χ0v) is 13.3. The molecule has 116 valence electrons. The van der Waals surface area contributed by atoms with Crippen molar-refractivity contribution >= 4 is 22.9 Å². The van der Waals surface area contributed by atoms with E-state index in [0.29, 0.717) is 12.8 Å². The van der Waals surface area contributed by atoms with Gasteiger partial charge in [0.2, 0.25) is 5.91 Å². The number of hydrogen-bond acceptors (Lipinski definition) is 3. The first-order chi connectivity index (χ1) is 11.2. The van der Waals surface area contributed by atoms with Crippen LogP contribution in [0.1, 0.15) is 12.0 Å². The first kappa shape index (κ1) is 15.3. The lowest BCUT2D eigenvalue weighted by atomic mass is 10.1. The second-order valence-electron chi connectivity index (χ2n) is 5.27. The zero-order valence-electron chi connectivity index (χ0n) is 12.5. The van der Waals surface area contributed by atoms with Crippen LogP contribution in [0.5, 0.6) is 5.75 Å². The summed E-state index contributed by atoms with van der Waals surface area (Å²) in [7, 11) is 0. The lowest BCUT2D eigenvalue weighted by Crippen LogP contribution is -2.12. The average Bonchev–Trinajstić information content (AvgIpc) is 3.09. The molecule has 3 nitrogen and oxygen atoms in total. The number of rotatable bonds is 5. The number of amides is 1. The number of aryl methyl sites for hydroxylation is 1. The van der Waals surface area contributed by atoms with E-state index < -0.39 is 0 Å². The van der Waals surface area contributed by atoms with E-state index in [1.807, 2.05) is 41.8 Å². The maximum Gasteiger partial charge on any atom is 0.224 e. The summed E-state index contributed by atoms with van der Waals surface area (Å²) in [5.74, 6) is 0.176. The fraction of sp³-hybridized carbons (Fsp3) is 0.105. The number of aromatic hydroxyl groups is 1. The minimum atomic E-state index is -0.0595. The Labute approximate surface area is 139 Å². The first-order valence-electron chi connectivity index (χ1n) is 7.42. The zero-order chi connectivity index (χ0) is 16.1. The summed E-state index contributed by atoms with van der Waals surface area (Å²) in [5.41, 5.74) is 3.82. The van der Waals surface area contributed by atoms with Gasteiger partial charge in [-0.15, -0.1) is 0 Å². The van der Waals surface area contributed by atoms with Crippen LogP contribution < -0.4 is 5.32 Å². The third-order valence-electron chi connectivity index (χ3n) is 3.61. The molecule has 4 heteroatoms. The van der Waals surface area contributed by atoms with Gasteiger partial charge in [0.1, 0.15) is 5.75 Å². The van der Waals surface area contributed by atoms with Gasteiger partial charge in [-0.05, 0) is 58.1 Å². The molecule has 0 radical (unpaired) electrons. The molecule has 0 bridgehead atoms. The van der Waals surface area contributed by atoms with Gasteiger partial charge < -0.3 is 10.4 Å². The molecule has 0 aliphatic heterocycles. The van der Waals surface area contributed by atoms with Gasteiger partial charge >= 0.3 is 0 Å². The normalized spacial score (nSPS) is 10.4. The van der Waals surface area contributed by atoms with Gasteiger partial charge in [0.05, 0.1) is 0 Å². The number of hydrogen-bond donors (Lipinski definition) is 2. The predicted molar refractivity (Wildman–Crippen MR) is 94.8 cm³/mol. The summed E-state index contributed by atoms with van der Waals surface area (Å²) in [4.78, 5) is 12.1. The van der Waals surface area contributed by atoms with Crippen LogP contribution >= 0.6 is 11.3 Å². The number of benzene rings is 2. The van der Waals surface area contributed by atoms with Crippen molar-refractivity contribution < 1.29 is 9.90 Å². The van der Waals surface area contributed by atoms with Crippen LogP contribution in [0.3, 0.4) is 0 Å². The molecule has 2 aromatic carbocycles. The largest absolute Gasteiger partial charge is 0.508 e. The topological polar surface area (TPSA) is 49.3 Å². The Hall–Kier alpha value is -2.59. The third-order valence-corrected chi connectivity index (χ3v) is 4.30. The Morgan fingerprint density at radius 1 is 1.04 bits per heavy atom. The van der Waals surface area contributed by atoms with E-state index in [9.17, 15) is 9.90 Å². The number of para-hydroxylation sites is 1. The van der Waals surface area contributed by atoms with Gasteiger partial charge in [-0.1, -0.05) is 30.3 Å². The number of phenolic OH excluding ortho intramolecular Hbond substituents is 1. The molecule has 1 aromatic heterocycles. The van der Waals surface area contributed by atoms with Crippen LogP contribution in [-0.2, 0) is 11.2 Å². The van der Waals surface area contributed by atoms with E-state index >= 15 is 0 Å². The standard InChI is InChI=1S/C19H17NO2S/c21-18-7-2-1-4-14(18)8-9-19(22)20-17-6-3-5-15(12-17)16-10-11-23-13-16/h1-7,10-13,21H,8-9H2,(H,20,22). The van der Waals surface area contributed by atoms with Crippen molar-refractivity contribution in [2.24, 2.45) is 0 Å². The van der Waals surface area contributed by atoms with Crippen LogP contribution in [0, 0.1) is 0 Å². The SMILES string of the molecule is O=C(CCc1ccccc1O)Nc1cccc(-c2ccsc2)c1. The number of anilines is 1. The molecule has 0 atom stereocenters. The summed E-state index contributed by atoms with van der Waals surface area (Å²) in [5, 5.41) is 16.8. The summed E-state index contributed by atoms with van der Waals surface area (Å²) in [6, 6.07) is 17.0. The summed E-state index contributed by atoms with van der Waals surface area (Å²) < 4.78 is 0. The number of carbonyl (C=O) groups is 1. The molecule has 2 N–H and O–H groups in total. The van der Waals surface area contributed by atoms with E-state index in [2.05, 4.69) is 16.8 Å². The third kappa shape index (κ3) is 3.99. The highest BCUT2D eigenvalue weighted by Crippen LogP contribution is 2.25. The van der Waals surface area contributed by atoms with Gasteiger partial charge in [0.25, 0.3) is 0 Å². The Kier molecular flexibility index (Phi) is 4.74. The summed E-state index contributed by atoms with van der Waals surface area (Å²) >= 11 is 1.65. The summed E-state index contributed by atoms with van der Waals surface area (Å²) in [6.45, 7) is 0. The van der Waals surface area contributed by atoms with Crippen LogP contribution in [0.25, 0.3) is 11.1 Å². The Morgan fingerprint density at radius 2 is 1.91 bits per heavy atom. The molecule has 1 amide bonds. The van der Waals surface area contributed by atoms with Gasteiger partial charge in [-0.25, -0.2) is 0 Å². The molecule has 0 saturated heterocycles. The van der Waals surface area contributed by atoms with Crippen molar-refractivity contribution in [1.82, 2.24) is 0 Å².